The van der Waals surface area contributed by atoms with Crippen molar-refractivity contribution >= 4 is 11.9 Å². The molecule has 0 saturated carbocycles. The number of halogens is 1. The molecule has 0 N–H and O–H groups in total. The van der Waals surface area contributed by atoms with Crippen molar-refractivity contribution in [2.45, 2.75) is 38.6 Å². The lowest BCUT2D eigenvalue weighted by atomic mass is 10.0. The molecule has 7 nitrogen and oxygen atoms in total. The van der Waals surface area contributed by atoms with Crippen molar-refractivity contribution in [3.63, 3.8) is 0 Å². The van der Waals surface area contributed by atoms with E-state index in [9.17, 15) is 9.18 Å². The molecular formula is C27H29FN4O3. The summed E-state index contributed by atoms with van der Waals surface area (Å²) in [5.41, 5.74) is 2.60. The summed E-state index contributed by atoms with van der Waals surface area (Å²) in [5, 5.41) is 0. The second-order valence-corrected chi connectivity index (χ2v) is 8.95. The first-order valence-electron chi connectivity index (χ1n) is 12.1. The van der Waals surface area contributed by atoms with Gasteiger partial charge in [0.25, 0.3) is 0 Å². The van der Waals surface area contributed by atoms with E-state index >= 15 is 0 Å². The molecule has 2 aliphatic rings. The van der Waals surface area contributed by atoms with Crippen LogP contribution >= 0.6 is 0 Å². The lowest BCUT2D eigenvalue weighted by molar-refractivity contribution is -0.131. The second-order valence-electron chi connectivity index (χ2n) is 8.95. The number of anilines is 1. The van der Waals surface area contributed by atoms with Crippen LogP contribution in [0.15, 0.2) is 48.5 Å². The summed E-state index contributed by atoms with van der Waals surface area (Å²) in [7, 11) is 1.62. The Labute approximate surface area is 204 Å². The smallest absolute Gasteiger partial charge is 0.229 e. The molecule has 0 bridgehead atoms. The van der Waals surface area contributed by atoms with Crippen molar-refractivity contribution < 1.29 is 18.7 Å². The van der Waals surface area contributed by atoms with Crippen molar-refractivity contribution in [1.82, 2.24) is 14.9 Å². The molecule has 1 fully saturated rings. The Balaban J connectivity index is 1.40. The number of carbonyl (C=O) groups is 1. The fourth-order valence-corrected chi connectivity index (χ4v) is 4.58. The molecule has 8 heteroatoms. The molecule has 1 aromatic heterocycles. The molecule has 3 aromatic rings. The number of hydrogen-bond donors (Lipinski definition) is 0. The Morgan fingerprint density at radius 3 is 2.54 bits per heavy atom. The first-order valence-corrected chi connectivity index (χ1v) is 12.1. The topological polar surface area (TPSA) is 67.8 Å². The minimum atomic E-state index is -0.377. The molecule has 0 spiro atoms. The highest BCUT2D eigenvalue weighted by Gasteiger charge is 2.28. The van der Waals surface area contributed by atoms with Crippen LogP contribution in [-0.2, 0) is 24.2 Å². The molecule has 182 valence electrons. The van der Waals surface area contributed by atoms with Crippen molar-refractivity contribution in [3.8, 4) is 17.4 Å². The van der Waals surface area contributed by atoms with Gasteiger partial charge in [0.15, 0.2) is 0 Å². The SMILES string of the molecule is COc1ccc(CC(=O)N2CCc3nc(N4CCCCC4)nc(Oc4cccc(F)c4)c3C2)cc1. The Kier molecular flexibility index (Phi) is 6.79. The highest BCUT2D eigenvalue weighted by atomic mass is 19.1. The number of ether oxygens (including phenoxy) is 2. The molecular weight excluding hydrogens is 447 g/mol. The van der Waals surface area contributed by atoms with E-state index < -0.39 is 0 Å². The number of amides is 1. The molecule has 0 unspecified atom stereocenters. The van der Waals surface area contributed by atoms with Gasteiger partial charge in [-0.1, -0.05) is 18.2 Å². The van der Waals surface area contributed by atoms with Crippen LogP contribution in [0.25, 0.3) is 0 Å². The first kappa shape index (κ1) is 23.1. The van der Waals surface area contributed by atoms with Crippen molar-refractivity contribution in [3.05, 3.63) is 71.2 Å². The van der Waals surface area contributed by atoms with E-state index in [0.717, 1.165) is 48.5 Å². The van der Waals surface area contributed by atoms with Crippen LogP contribution in [0.1, 0.15) is 36.1 Å². The van der Waals surface area contributed by atoms with E-state index in [1.807, 2.05) is 29.2 Å². The van der Waals surface area contributed by atoms with Crippen LogP contribution in [0.4, 0.5) is 10.3 Å². The zero-order valence-electron chi connectivity index (χ0n) is 19.9. The van der Waals surface area contributed by atoms with Crippen LogP contribution in [0.2, 0.25) is 0 Å². The van der Waals surface area contributed by atoms with E-state index in [-0.39, 0.29) is 11.7 Å². The van der Waals surface area contributed by atoms with Gasteiger partial charge < -0.3 is 19.3 Å². The molecule has 1 saturated heterocycles. The normalized spacial score (nSPS) is 15.5. The second kappa shape index (κ2) is 10.3. The Morgan fingerprint density at radius 2 is 1.80 bits per heavy atom. The molecule has 5 rings (SSSR count). The molecule has 1 amide bonds. The molecule has 3 heterocycles. The quantitative estimate of drug-likeness (QED) is 0.521. The minimum absolute atomic E-state index is 0.0256. The van der Waals surface area contributed by atoms with Crippen LogP contribution in [0.3, 0.4) is 0 Å². The third-order valence-corrected chi connectivity index (χ3v) is 6.53. The molecule has 2 aliphatic heterocycles. The van der Waals surface area contributed by atoms with Gasteiger partial charge in [0.1, 0.15) is 17.3 Å². The van der Waals surface area contributed by atoms with Gasteiger partial charge in [-0.25, -0.2) is 9.37 Å². The van der Waals surface area contributed by atoms with Gasteiger partial charge >= 0.3 is 0 Å². The number of benzene rings is 2. The van der Waals surface area contributed by atoms with Gasteiger partial charge in [-0.2, -0.15) is 4.98 Å². The number of rotatable bonds is 6. The van der Waals surface area contributed by atoms with Gasteiger partial charge in [0, 0.05) is 32.1 Å². The van der Waals surface area contributed by atoms with Gasteiger partial charge in [-0.15, -0.1) is 0 Å². The predicted molar refractivity (Wildman–Crippen MR) is 130 cm³/mol. The summed E-state index contributed by atoms with van der Waals surface area (Å²) in [6.45, 7) is 2.75. The lowest BCUT2D eigenvalue weighted by Crippen LogP contribution is -2.38. The van der Waals surface area contributed by atoms with Crippen LogP contribution in [0.5, 0.6) is 17.4 Å². The summed E-state index contributed by atoms with van der Waals surface area (Å²) in [5.74, 6) is 1.82. The summed E-state index contributed by atoms with van der Waals surface area (Å²) >= 11 is 0. The zero-order chi connectivity index (χ0) is 24.2. The van der Waals surface area contributed by atoms with E-state index in [1.165, 1.54) is 18.6 Å². The average molecular weight is 477 g/mol. The van der Waals surface area contributed by atoms with Gasteiger partial charge in [0.2, 0.25) is 17.7 Å². The number of nitrogens with zero attached hydrogens (tertiary/aromatic N) is 4. The van der Waals surface area contributed by atoms with Crippen LogP contribution in [0, 0.1) is 5.82 Å². The Morgan fingerprint density at radius 1 is 1.00 bits per heavy atom. The highest BCUT2D eigenvalue weighted by molar-refractivity contribution is 5.79. The number of piperidine rings is 1. The molecule has 0 aliphatic carbocycles. The van der Waals surface area contributed by atoms with Crippen molar-refractivity contribution in [2.24, 2.45) is 0 Å². The van der Waals surface area contributed by atoms with Gasteiger partial charge in [-0.05, 0) is 49.1 Å². The van der Waals surface area contributed by atoms with Crippen molar-refractivity contribution in [2.75, 3.05) is 31.6 Å². The third-order valence-electron chi connectivity index (χ3n) is 6.53. The fraction of sp³-hybridized carbons (Fsp3) is 0.370. The summed E-state index contributed by atoms with van der Waals surface area (Å²) in [6, 6.07) is 13.5. The van der Waals surface area contributed by atoms with E-state index in [1.54, 1.807) is 19.2 Å². The number of fused-ring (bicyclic) bond motifs is 1. The number of methoxy groups -OCH3 is 1. The standard InChI is InChI=1S/C27H29FN4O3/c1-34-21-10-8-19(9-11-21)16-25(33)32-15-12-24-23(18-32)26(35-22-7-5-6-20(28)17-22)30-27(29-24)31-13-3-2-4-14-31/h5-11,17H,2-4,12-16,18H2,1H3. The maximum atomic E-state index is 13.8. The third kappa shape index (κ3) is 5.37. The molecule has 2 aromatic carbocycles. The van der Waals surface area contributed by atoms with E-state index in [4.69, 9.17) is 19.4 Å². The predicted octanol–water partition coefficient (Wildman–Crippen LogP) is 4.53. The Hall–Kier alpha value is -3.68. The number of hydrogen-bond acceptors (Lipinski definition) is 6. The maximum absolute atomic E-state index is 13.8. The summed E-state index contributed by atoms with van der Waals surface area (Å²) < 4.78 is 25.1. The van der Waals surface area contributed by atoms with Crippen LogP contribution < -0.4 is 14.4 Å². The highest BCUT2D eigenvalue weighted by Crippen LogP contribution is 2.32. The summed E-state index contributed by atoms with van der Waals surface area (Å²) in [4.78, 5) is 26.7. The van der Waals surface area contributed by atoms with E-state index in [0.29, 0.717) is 43.5 Å². The van der Waals surface area contributed by atoms with E-state index in [2.05, 4.69) is 4.90 Å². The first-order chi connectivity index (χ1) is 17.1. The molecule has 0 atom stereocenters. The van der Waals surface area contributed by atoms with Crippen molar-refractivity contribution in [1.29, 1.82) is 0 Å². The minimum Gasteiger partial charge on any atom is -0.497 e. The number of aromatic nitrogens is 2. The fourth-order valence-electron chi connectivity index (χ4n) is 4.58. The zero-order valence-corrected chi connectivity index (χ0v) is 19.9. The lowest BCUT2D eigenvalue weighted by Gasteiger charge is -2.32. The average Bonchev–Trinajstić information content (AvgIpc) is 2.89. The summed E-state index contributed by atoms with van der Waals surface area (Å²) in [6.07, 6.45) is 4.33. The van der Waals surface area contributed by atoms with Gasteiger partial charge in [0.05, 0.1) is 31.3 Å². The van der Waals surface area contributed by atoms with Crippen LogP contribution in [-0.4, -0.2) is 47.5 Å². The monoisotopic (exact) mass is 476 g/mol. The molecule has 35 heavy (non-hydrogen) atoms. The number of carbonyl (C=O) groups excluding carboxylic acids is 1. The molecule has 0 radical (unpaired) electrons. The largest absolute Gasteiger partial charge is 0.497 e. The van der Waals surface area contributed by atoms with Gasteiger partial charge in [-0.3, -0.25) is 4.79 Å². The Bertz CT molecular complexity index is 1200. The maximum Gasteiger partial charge on any atom is 0.229 e.